The first-order valence-electron chi connectivity index (χ1n) is 6.49. The number of nitrogens with two attached hydrogens (primary N) is 1. The maximum atomic E-state index is 12.0. The highest BCUT2D eigenvalue weighted by Gasteiger charge is 2.32. The first-order valence-corrected chi connectivity index (χ1v) is 7.28. The number of hydrogen-bond donors (Lipinski definition) is 2. The minimum atomic E-state index is 0.0311. The van der Waals surface area contributed by atoms with Crippen LogP contribution in [0.5, 0.6) is 0 Å². The fourth-order valence-electron chi connectivity index (χ4n) is 2.36. The Morgan fingerprint density at radius 1 is 1.47 bits per heavy atom. The second-order valence-corrected chi connectivity index (χ2v) is 6.45. The van der Waals surface area contributed by atoms with E-state index < -0.39 is 0 Å². The lowest BCUT2D eigenvalue weighted by Crippen LogP contribution is -2.35. The minimum absolute atomic E-state index is 0.0311. The number of rotatable bonds is 4. The largest absolute Gasteiger partial charge is 0.330 e. The summed E-state index contributed by atoms with van der Waals surface area (Å²) in [6, 6.07) is 7.60. The number of benzene rings is 1. The van der Waals surface area contributed by atoms with Gasteiger partial charge in [-0.25, -0.2) is 0 Å². The van der Waals surface area contributed by atoms with E-state index in [1.54, 1.807) is 0 Å². The van der Waals surface area contributed by atoms with Crippen molar-refractivity contribution in [3.05, 3.63) is 28.7 Å². The molecule has 1 unspecified atom stereocenters. The monoisotopic (exact) mass is 325 g/mol. The minimum Gasteiger partial charge on any atom is -0.330 e. The van der Waals surface area contributed by atoms with Gasteiger partial charge in [-0.05, 0) is 49.2 Å². The van der Waals surface area contributed by atoms with Crippen molar-refractivity contribution in [1.82, 2.24) is 4.90 Å². The Kier molecular flexibility index (Phi) is 4.60. The third-order valence-electron chi connectivity index (χ3n) is 3.62. The Morgan fingerprint density at radius 2 is 2.16 bits per heavy atom. The van der Waals surface area contributed by atoms with E-state index in [4.69, 9.17) is 5.73 Å². The zero-order valence-corrected chi connectivity index (χ0v) is 12.7. The zero-order valence-electron chi connectivity index (χ0n) is 11.2. The lowest BCUT2D eigenvalue weighted by Gasteiger charge is -2.22. The number of amides is 1. The van der Waals surface area contributed by atoms with Gasteiger partial charge >= 0.3 is 0 Å². The van der Waals surface area contributed by atoms with Gasteiger partial charge in [0.15, 0.2) is 0 Å². The molecule has 1 saturated heterocycles. The molecule has 4 nitrogen and oxygen atoms in total. The molecule has 104 valence electrons. The molecule has 1 heterocycles. The molecule has 19 heavy (non-hydrogen) atoms. The molecule has 1 aliphatic heterocycles. The molecule has 0 spiro atoms. The van der Waals surface area contributed by atoms with E-state index in [1.807, 2.05) is 24.3 Å². The van der Waals surface area contributed by atoms with Gasteiger partial charge in [0.25, 0.3) is 0 Å². The maximum absolute atomic E-state index is 12.0. The second kappa shape index (κ2) is 6.03. The van der Waals surface area contributed by atoms with Crippen LogP contribution in [0.4, 0.5) is 5.69 Å². The van der Waals surface area contributed by atoms with Crippen molar-refractivity contribution in [3.63, 3.8) is 0 Å². The van der Waals surface area contributed by atoms with Crippen LogP contribution in [0.2, 0.25) is 0 Å². The van der Waals surface area contributed by atoms with Gasteiger partial charge in [0.05, 0.1) is 6.54 Å². The summed E-state index contributed by atoms with van der Waals surface area (Å²) in [7, 11) is 0. The van der Waals surface area contributed by atoms with Crippen LogP contribution in [0, 0.1) is 5.41 Å². The predicted octanol–water partition coefficient (Wildman–Crippen LogP) is 2.06. The van der Waals surface area contributed by atoms with Crippen LogP contribution in [0.1, 0.15) is 13.3 Å². The van der Waals surface area contributed by atoms with E-state index in [9.17, 15) is 4.79 Å². The van der Waals surface area contributed by atoms with Gasteiger partial charge in [-0.2, -0.15) is 0 Å². The average Bonchev–Trinajstić information content (AvgIpc) is 2.74. The summed E-state index contributed by atoms with van der Waals surface area (Å²) in [4.78, 5) is 14.1. The van der Waals surface area contributed by atoms with Gasteiger partial charge in [-0.3, -0.25) is 9.69 Å². The van der Waals surface area contributed by atoms with Crippen LogP contribution in [-0.2, 0) is 4.79 Å². The SMILES string of the molecule is CC1(CN)CCN(CC(=O)Nc2ccc(Br)cc2)C1. The van der Waals surface area contributed by atoms with E-state index in [2.05, 4.69) is 33.1 Å². The fourth-order valence-corrected chi connectivity index (χ4v) is 2.63. The van der Waals surface area contributed by atoms with Crippen molar-refractivity contribution in [2.45, 2.75) is 13.3 Å². The molecular formula is C14H20BrN3O. The highest BCUT2D eigenvalue weighted by Crippen LogP contribution is 2.28. The molecule has 0 bridgehead atoms. The molecule has 1 amide bonds. The Balaban J connectivity index is 1.84. The van der Waals surface area contributed by atoms with Crippen LogP contribution >= 0.6 is 15.9 Å². The lowest BCUT2D eigenvalue weighted by atomic mass is 9.90. The number of halogens is 1. The highest BCUT2D eigenvalue weighted by atomic mass is 79.9. The summed E-state index contributed by atoms with van der Waals surface area (Å²) < 4.78 is 1.00. The van der Waals surface area contributed by atoms with E-state index in [1.165, 1.54) is 0 Å². The summed E-state index contributed by atoms with van der Waals surface area (Å²) in [6.45, 7) is 5.14. The number of likely N-dealkylation sites (tertiary alicyclic amines) is 1. The van der Waals surface area contributed by atoms with Crippen LogP contribution in [0.15, 0.2) is 28.7 Å². The van der Waals surface area contributed by atoms with Crippen LogP contribution in [-0.4, -0.2) is 37.0 Å². The van der Waals surface area contributed by atoms with E-state index in [0.29, 0.717) is 13.1 Å². The normalized spacial score (nSPS) is 23.5. The summed E-state index contributed by atoms with van der Waals surface area (Å²) in [6.07, 6.45) is 1.06. The van der Waals surface area contributed by atoms with Crippen molar-refractivity contribution in [2.75, 3.05) is 31.5 Å². The molecule has 0 aliphatic carbocycles. The van der Waals surface area contributed by atoms with Crippen LogP contribution in [0.25, 0.3) is 0 Å². The number of nitrogens with zero attached hydrogens (tertiary/aromatic N) is 1. The molecule has 1 aliphatic rings. The standard InChI is InChI=1S/C14H20BrN3O/c1-14(9-16)6-7-18(10-14)8-13(19)17-12-4-2-11(15)3-5-12/h2-5H,6-10,16H2,1H3,(H,17,19). The van der Waals surface area contributed by atoms with Gasteiger partial charge in [-0.15, -0.1) is 0 Å². The van der Waals surface area contributed by atoms with E-state index in [0.717, 1.165) is 29.7 Å². The maximum Gasteiger partial charge on any atom is 0.238 e. The van der Waals surface area contributed by atoms with E-state index >= 15 is 0 Å². The molecule has 3 N–H and O–H groups in total. The van der Waals surface area contributed by atoms with Crippen LogP contribution in [0.3, 0.4) is 0 Å². The predicted molar refractivity (Wildman–Crippen MR) is 81.0 cm³/mol. The van der Waals surface area contributed by atoms with Crippen molar-refractivity contribution < 1.29 is 4.79 Å². The van der Waals surface area contributed by atoms with Gasteiger partial charge in [0.2, 0.25) is 5.91 Å². The van der Waals surface area contributed by atoms with Crippen molar-refractivity contribution >= 4 is 27.5 Å². The second-order valence-electron chi connectivity index (χ2n) is 5.53. The Bertz CT molecular complexity index is 449. The Labute approximate surface area is 122 Å². The van der Waals surface area contributed by atoms with E-state index in [-0.39, 0.29) is 11.3 Å². The van der Waals surface area contributed by atoms with Crippen molar-refractivity contribution in [2.24, 2.45) is 11.1 Å². The highest BCUT2D eigenvalue weighted by molar-refractivity contribution is 9.10. The topological polar surface area (TPSA) is 58.4 Å². The number of anilines is 1. The number of carbonyl (C=O) groups is 1. The average molecular weight is 326 g/mol. The molecule has 1 aromatic rings. The molecular weight excluding hydrogens is 306 g/mol. The van der Waals surface area contributed by atoms with Gasteiger partial charge in [0.1, 0.15) is 0 Å². The first-order chi connectivity index (χ1) is 9.00. The zero-order chi connectivity index (χ0) is 13.9. The number of hydrogen-bond acceptors (Lipinski definition) is 3. The quantitative estimate of drug-likeness (QED) is 0.890. The van der Waals surface area contributed by atoms with Gasteiger partial charge in [0, 0.05) is 16.7 Å². The summed E-state index contributed by atoms with van der Waals surface area (Å²) >= 11 is 3.37. The molecule has 0 radical (unpaired) electrons. The van der Waals surface area contributed by atoms with Crippen molar-refractivity contribution in [3.8, 4) is 0 Å². The molecule has 1 aromatic carbocycles. The third-order valence-corrected chi connectivity index (χ3v) is 4.15. The van der Waals surface area contributed by atoms with Gasteiger partial charge in [-0.1, -0.05) is 22.9 Å². The third kappa shape index (κ3) is 4.03. The Hall–Kier alpha value is -0.910. The smallest absolute Gasteiger partial charge is 0.238 e. The fraction of sp³-hybridized carbons (Fsp3) is 0.500. The molecule has 2 rings (SSSR count). The molecule has 0 aromatic heterocycles. The summed E-state index contributed by atoms with van der Waals surface area (Å²) in [5.74, 6) is 0.0311. The first kappa shape index (κ1) is 14.5. The molecule has 5 heteroatoms. The van der Waals surface area contributed by atoms with Crippen LogP contribution < -0.4 is 11.1 Å². The molecule has 1 fully saturated rings. The number of carbonyl (C=O) groups excluding carboxylic acids is 1. The summed E-state index contributed by atoms with van der Waals surface area (Å²) in [5, 5.41) is 2.91. The van der Waals surface area contributed by atoms with Crippen molar-refractivity contribution in [1.29, 1.82) is 0 Å². The Morgan fingerprint density at radius 3 is 2.74 bits per heavy atom. The molecule has 1 atom stereocenters. The molecule has 0 saturated carbocycles. The lowest BCUT2D eigenvalue weighted by molar-refractivity contribution is -0.117. The number of nitrogens with one attached hydrogen (secondary N) is 1. The summed E-state index contributed by atoms with van der Waals surface area (Å²) in [5.41, 5.74) is 6.76. The van der Waals surface area contributed by atoms with Gasteiger partial charge < -0.3 is 11.1 Å².